The van der Waals surface area contributed by atoms with Crippen molar-refractivity contribution < 1.29 is 21.9 Å². The van der Waals surface area contributed by atoms with E-state index in [1.54, 1.807) is 0 Å². The molecule has 0 aromatic heterocycles. The van der Waals surface area contributed by atoms with Crippen molar-refractivity contribution in [2.45, 2.75) is 58.9 Å². The van der Waals surface area contributed by atoms with Crippen LogP contribution in [0.4, 0.5) is 0 Å². The molecule has 0 atom stereocenters. The van der Waals surface area contributed by atoms with Crippen molar-refractivity contribution in [3.8, 4) is 0 Å². The number of rotatable bonds is 9. The fourth-order valence-electron chi connectivity index (χ4n) is 1.24. The summed E-state index contributed by atoms with van der Waals surface area (Å²) in [6, 6.07) is 0. The predicted octanol–water partition coefficient (Wildman–Crippen LogP) is 4.67. The Morgan fingerprint density at radius 2 is 1.10 bits per heavy atom. The zero-order valence-corrected chi connectivity index (χ0v) is 18.3. The van der Waals surface area contributed by atoms with Crippen LogP contribution in [0, 0.1) is 0 Å². The molecule has 0 aromatic rings. The highest BCUT2D eigenvalue weighted by atomic mass is 31.2. The zero-order chi connectivity index (χ0) is 16.2. The molecule has 0 amide bonds. The van der Waals surface area contributed by atoms with Crippen LogP contribution in [0.25, 0.3) is 0 Å². The molecule has 0 N–H and O–H groups in total. The van der Waals surface area contributed by atoms with Crippen molar-refractivity contribution >= 4 is 32.8 Å². The topological polar surface area (TPSA) is 54.0 Å². The van der Waals surface area contributed by atoms with Crippen molar-refractivity contribution in [1.29, 1.82) is 0 Å². The van der Waals surface area contributed by atoms with Crippen LogP contribution in [0.3, 0.4) is 0 Å². The maximum Gasteiger partial charge on any atom is 0.455 e. The van der Waals surface area contributed by atoms with Crippen molar-refractivity contribution in [1.82, 2.24) is 0 Å². The lowest BCUT2D eigenvalue weighted by Gasteiger charge is -2.30. The molecule has 9 heteroatoms. The van der Waals surface area contributed by atoms with E-state index >= 15 is 0 Å². The molecule has 122 valence electrons. The highest BCUT2D eigenvalue weighted by Crippen LogP contribution is 2.53. The van der Waals surface area contributed by atoms with Crippen LogP contribution < -0.4 is 0 Å². The second-order valence-electron chi connectivity index (χ2n) is 7.65. The van der Waals surface area contributed by atoms with Crippen LogP contribution in [-0.4, -0.2) is 38.2 Å². The summed E-state index contributed by atoms with van der Waals surface area (Å²) in [5, 5.41) is 0. The number of phosphoric acid groups is 1. The van der Waals surface area contributed by atoms with E-state index in [-0.39, 0.29) is 6.61 Å². The maximum atomic E-state index is 12.7. The molecule has 0 rings (SSSR count). The van der Waals surface area contributed by atoms with Gasteiger partial charge in [0.15, 0.2) is 25.0 Å². The minimum absolute atomic E-state index is 0.233. The quantitative estimate of drug-likeness (QED) is 0.341. The maximum absolute atomic E-state index is 12.7. The Labute approximate surface area is 127 Å². The molecule has 0 saturated carbocycles. The molecule has 0 radical (unpaired) electrons. The van der Waals surface area contributed by atoms with Crippen LogP contribution in [-0.2, 0) is 21.9 Å². The average molecular weight is 359 g/mol. The second-order valence-corrected chi connectivity index (χ2v) is 23.2. The number of hydrogen-bond acceptors (Lipinski definition) is 5. The Morgan fingerprint density at radius 3 is 1.40 bits per heavy atom. The first-order valence-corrected chi connectivity index (χ1v) is 18.6. The minimum Gasteiger partial charge on any atom is -0.415 e. The molecule has 0 aromatic carbocycles. The summed E-state index contributed by atoms with van der Waals surface area (Å²) >= 11 is 0. The van der Waals surface area contributed by atoms with Crippen molar-refractivity contribution in [3.05, 3.63) is 0 Å². The molecule has 5 nitrogen and oxygen atoms in total. The van der Waals surface area contributed by atoms with Crippen LogP contribution in [0.5, 0.6) is 0 Å². The third-order valence-corrected chi connectivity index (χ3v) is 9.38. The highest BCUT2D eigenvalue weighted by Gasteiger charge is 2.38. The Bertz CT molecular complexity index is 323. The Morgan fingerprint density at radius 1 is 0.700 bits per heavy atom. The summed E-state index contributed by atoms with van der Waals surface area (Å²) < 4.78 is 35.2. The van der Waals surface area contributed by atoms with Gasteiger partial charge in [-0.3, -0.25) is 4.52 Å². The van der Waals surface area contributed by atoms with Gasteiger partial charge in [-0.15, -0.1) is 0 Å². The zero-order valence-electron chi connectivity index (χ0n) is 14.4. The van der Waals surface area contributed by atoms with Gasteiger partial charge in [0.1, 0.15) is 0 Å². The van der Waals surface area contributed by atoms with Crippen LogP contribution >= 0.6 is 7.82 Å². The summed E-state index contributed by atoms with van der Waals surface area (Å²) in [5.41, 5.74) is 0. The largest absolute Gasteiger partial charge is 0.455 e. The third kappa shape index (κ3) is 12.5. The van der Waals surface area contributed by atoms with Gasteiger partial charge in [-0.2, -0.15) is 0 Å². The Kier molecular flexibility index (Phi) is 7.59. The normalized spacial score (nSPS) is 14.7. The van der Waals surface area contributed by atoms with E-state index in [1.807, 2.05) is 39.3 Å². The van der Waals surface area contributed by atoms with Gasteiger partial charge >= 0.3 is 7.82 Å². The van der Waals surface area contributed by atoms with E-state index in [2.05, 4.69) is 19.6 Å². The molecule has 0 spiro atoms. The van der Waals surface area contributed by atoms with Gasteiger partial charge in [0.25, 0.3) is 0 Å². The van der Waals surface area contributed by atoms with E-state index in [0.29, 0.717) is 6.61 Å². The van der Waals surface area contributed by atoms with Crippen molar-refractivity contribution in [3.63, 3.8) is 0 Å². The summed E-state index contributed by atoms with van der Waals surface area (Å²) in [4.78, 5) is 0. The third-order valence-electron chi connectivity index (χ3n) is 1.64. The van der Waals surface area contributed by atoms with E-state index in [4.69, 9.17) is 17.4 Å². The Hall–Kier alpha value is 0.721. The standard InChI is InChI=1S/C11H31O5PSi3/c1-18(2,3)14-11-10-13-17(12,15-19(4,5)6)16-20(7,8)9/h10-11H2,1-9H3. The fourth-order valence-corrected chi connectivity index (χ4v) is 8.51. The first-order valence-electron chi connectivity index (χ1n) is 6.92. The lowest BCUT2D eigenvalue weighted by Crippen LogP contribution is -2.31. The molecule has 0 bridgehead atoms. The number of hydrogen-bond donors (Lipinski definition) is 0. The summed E-state index contributed by atoms with van der Waals surface area (Å²) in [6.45, 7) is 18.8. The minimum atomic E-state index is -3.49. The van der Waals surface area contributed by atoms with Crippen LogP contribution in [0.1, 0.15) is 0 Å². The van der Waals surface area contributed by atoms with Gasteiger partial charge in [-0.1, -0.05) is 0 Å². The van der Waals surface area contributed by atoms with Gasteiger partial charge in [0.05, 0.1) is 13.2 Å². The summed E-state index contributed by atoms with van der Waals surface area (Å²) in [7, 11) is -9.09. The van der Waals surface area contributed by atoms with Gasteiger partial charge in [0, 0.05) is 0 Å². The fraction of sp³-hybridized carbons (Fsp3) is 1.00. The molecule has 0 saturated heterocycles. The van der Waals surface area contributed by atoms with Gasteiger partial charge < -0.3 is 12.9 Å². The van der Waals surface area contributed by atoms with Crippen LogP contribution in [0.2, 0.25) is 58.9 Å². The van der Waals surface area contributed by atoms with Crippen LogP contribution in [0.15, 0.2) is 0 Å². The Balaban J connectivity index is 4.59. The lowest BCUT2D eigenvalue weighted by molar-refractivity contribution is 0.164. The van der Waals surface area contributed by atoms with E-state index in [0.717, 1.165) is 0 Å². The van der Waals surface area contributed by atoms with Gasteiger partial charge in [-0.05, 0) is 58.9 Å². The summed E-state index contributed by atoms with van der Waals surface area (Å²) in [6.07, 6.45) is 0. The lowest BCUT2D eigenvalue weighted by atomic mass is 10.8. The van der Waals surface area contributed by atoms with E-state index in [9.17, 15) is 4.57 Å². The SMILES string of the molecule is C[Si](C)(C)OCCOP(=O)(O[Si](C)(C)C)O[Si](C)(C)C. The molecular formula is C11H31O5PSi3. The van der Waals surface area contributed by atoms with Gasteiger partial charge in [0.2, 0.25) is 0 Å². The van der Waals surface area contributed by atoms with Gasteiger partial charge in [-0.25, -0.2) is 4.57 Å². The highest BCUT2D eigenvalue weighted by molar-refractivity contribution is 7.52. The smallest absolute Gasteiger partial charge is 0.415 e. The summed E-state index contributed by atoms with van der Waals surface area (Å²) in [5.74, 6) is 0. The molecule has 0 fully saturated rings. The molecule has 0 heterocycles. The first kappa shape index (κ1) is 20.7. The van der Waals surface area contributed by atoms with Crippen molar-refractivity contribution in [2.75, 3.05) is 13.2 Å². The molecule has 0 aliphatic carbocycles. The molecular weight excluding hydrogens is 327 g/mol. The predicted molar refractivity (Wildman–Crippen MR) is 91.7 cm³/mol. The van der Waals surface area contributed by atoms with E-state index in [1.165, 1.54) is 0 Å². The molecule has 0 unspecified atom stereocenters. The average Bonchev–Trinajstić information content (AvgIpc) is 2.04. The van der Waals surface area contributed by atoms with E-state index < -0.39 is 32.8 Å². The monoisotopic (exact) mass is 358 g/mol. The second kappa shape index (κ2) is 7.32. The first-order chi connectivity index (χ1) is 8.62. The van der Waals surface area contributed by atoms with Crippen molar-refractivity contribution in [2.24, 2.45) is 0 Å². The molecule has 20 heavy (non-hydrogen) atoms. The molecule has 0 aliphatic rings. The molecule has 0 aliphatic heterocycles.